The largest absolute Gasteiger partial charge is 0.316 e. The van der Waals surface area contributed by atoms with Crippen molar-refractivity contribution in [2.45, 2.75) is 30.7 Å². The van der Waals surface area contributed by atoms with Crippen LogP contribution < -0.4 is 5.32 Å². The average molecular weight is 221 g/mol. The number of rotatable bonds is 5. The van der Waals surface area contributed by atoms with Gasteiger partial charge in [-0.25, -0.2) is 0 Å². The van der Waals surface area contributed by atoms with E-state index in [9.17, 15) is 0 Å². The fraction of sp³-hybridized carbons (Fsp3) is 0.538. The molecule has 1 aliphatic carbocycles. The van der Waals surface area contributed by atoms with Crippen LogP contribution in [0.3, 0.4) is 0 Å². The first-order valence-corrected chi connectivity index (χ1v) is 6.65. The van der Waals surface area contributed by atoms with Crippen LogP contribution in [0.1, 0.15) is 18.4 Å². The van der Waals surface area contributed by atoms with Gasteiger partial charge in [0.05, 0.1) is 0 Å². The van der Waals surface area contributed by atoms with Crippen molar-refractivity contribution in [1.82, 2.24) is 5.32 Å². The fourth-order valence-corrected chi connectivity index (χ4v) is 2.91. The van der Waals surface area contributed by atoms with Gasteiger partial charge >= 0.3 is 0 Å². The quantitative estimate of drug-likeness (QED) is 0.767. The van der Waals surface area contributed by atoms with Crippen LogP contribution in [0.4, 0.5) is 0 Å². The molecule has 0 aliphatic heterocycles. The molecule has 1 saturated carbocycles. The minimum Gasteiger partial charge on any atom is -0.316 e. The molecule has 1 N–H and O–H groups in total. The lowest BCUT2D eigenvalue weighted by Gasteiger charge is -2.14. The summed E-state index contributed by atoms with van der Waals surface area (Å²) in [6.07, 6.45) is 2.83. The van der Waals surface area contributed by atoms with Crippen LogP contribution >= 0.6 is 11.8 Å². The molecule has 1 atom stereocenters. The van der Waals surface area contributed by atoms with Gasteiger partial charge in [0.15, 0.2) is 0 Å². The molecule has 1 nitrogen and oxygen atoms in total. The molecule has 0 unspecified atom stereocenters. The summed E-state index contributed by atoms with van der Waals surface area (Å²) in [4.78, 5) is 1.39. The predicted molar refractivity (Wildman–Crippen MR) is 67.5 cm³/mol. The standard InChI is InChI=1S/C13H19NS/c1-10-3-7-12(8-4-10)15-9-13(14-2)11-5-6-11/h3-4,7-8,11,13-14H,5-6,9H2,1-2H3/t13-/m0/s1. The lowest BCUT2D eigenvalue weighted by Crippen LogP contribution is -2.29. The summed E-state index contributed by atoms with van der Waals surface area (Å²) < 4.78 is 0. The molecule has 0 bridgehead atoms. The normalized spacial score (nSPS) is 17.7. The van der Waals surface area contributed by atoms with Gasteiger partial charge in [-0.3, -0.25) is 0 Å². The molecule has 1 aromatic rings. The van der Waals surface area contributed by atoms with Gasteiger partial charge in [0.2, 0.25) is 0 Å². The number of thioether (sulfide) groups is 1. The number of nitrogens with one attached hydrogen (secondary N) is 1. The molecule has 2 rings (SSSR count). The van der Waals surface area contributed by atoms with Gasteiger partial charge in [0.25, 0.3) is 0 Å². The SMILES string of the molecule is CN[C@@H](CSc1ccc(C)cc1)C1CC1. The second-order valence-corrected chi connectivity index (χ2v) is 5.45. The summed E-state index contributed by atoms with van der Waals surface area (Å²) >= 11 is 1.97. The number of hydrogen-bond acceptors (Lipinski definition) is 2. The Hall–Kier alpha value is -0.470. The summed E-state index contributed by atoms with van der Waals surface area (Å²) in [5.41, 5.74) is 1.34. The Balaban J connectivity index is 1.83. The van der Waals surface area contributed by atoms with E-state index < -0.39 is 0 Å². The molecule has 15 heavy (non-hydrogen) atoms. The summed E-state index contributed by atoms with van der Waals surface area (Å²) in [7, 11) is 2.08. The highest BCUT2D eigenvalue weighted by atomic mass is 32.2. The molecule has 0 heterocycles. The number of benzene rings is 1. The van der Waals surface area contributed by atoms with Gasteiger partial charge in [0.1, 0.15) is 0 Å². The second-order valence-electron chi connectivity index (χ2n) is 4.36. The van der Waals surface area contributed by atoms with Crippen molar-refractivity contribution in [2.24, 2.45) is 5.92 Å². The predicted octanol–water partition coefficient (Wildman–Crippen LogP) is 3.09. The Labute approximate surface area is 96.7 Å². The van der Waals surface area contributed by atoms with E-state index in [-0.39, 0.29) is 0 Å². The molecule has 0 spiro atoms. The third kappa shape index (κ3) is 3.25. The lowest BCUT2D eigenvalue weighted by atomic mass is 10.2. The maximum atomic E-state index is 3.42. The van der Waals surface area contributed by atoms with E-state index in [0.717, 1.165) is 5.92 Å². The summed E-state index contributed by atoms with van der Waals surface area (Å²) in [6, 6.07) is 9.53. The molecular weight excluding hydrogens is 202 g/mol. The van der Waals surface area contributed by atoms with Crippen LogP contribution in [0.15, 0.2) is 29.2 Å². The molecule has 1 fully saturated rings. The van der Waals surface area contributed by atoms with Crippen LogP contribution in [0.2, 0.25) is 0 Å². The van der Waals surface area contributed by atoms with Crippen molar-refractivity contribution in [1.29, 1.82) is 0 Å². The Kier molecular flexibility index (Phi) is 3.71. The third-order valence-electron chi connectivity index (χ3n) is 3.01. The first kappa shape index (κ1) is 11.0. The van der Waals surface area contributed by atoms with Gasteiger partial charge in [-0.1, -0.05) is 17.7 Å². The van der Waals surface area contributed by atoms with Crippen LogP contribution in [0.5, 0.6) is 0 Å². The highest BCUT2D eigenvalue weighted by Crippen LogP contribution is 2.34. The Bertz CT molecular complexity index is 303. The number of hydrogen-bond donors (Lipinski definition) is 1. The molecule has 1 aliphatic rings. The van der Waals surface area contributed by atoms with Gasteiger partial charge < -0.3 is 5.32 Å². The van der Waals surface area contributed by atoms with E-state index >= 15 is 0 Å². The van der Waals surface area contributed by atoms with Gasteiger partial charge in [0, 0.05) is 16.7 Å². The van der Waals surface area contributed by atoms with E-state index in [1.165, 1.54) is 29.1 Å². The first-order valence-electron chi connectivity index (χ1n) is 5.66. The highest BCUT2D eigenvalue weighted by molar-refractivity contribution is 7.99. The van der Waals surface area contributed by atoms with Crippen LogP contribution in [-0.2, 0) is 0 Å². The zero-order valence-corrected chi connectivity index (χ0v) is 10.3. The minimum atomic E-state index is 0.705. The van der Waals surface area contributed by atoms with Crippen molar-refractivity contribution < 1.29 is 0 Å². The van der Waals surface area contributed by atoms with Crippen LogP contribution in [0.25, 0.3) is 0 Å². The van der Waals surface area contributed by atoms with E-state index in [2.05, 4.69) is 43.6 Å². The van der Waals surface area contributed by atoms with Gasteiger partial charge in [-0.05, 0) is 44.9 Å². The van der Waals surface area contributed by atoms with Gasteiger partial charge in [-0.2, -0.15) is 0 Å². The second kappa shape index (κ2) is 5.04. The number of aryl methyl sites for hydroxylation is 1. The summed E-state index contributed by atoms with van der Waals surface area (Å²) in [5, 5.41) is 3.42. The van der Waals surface area contributed by atoms with Crippen molar-refractivity contribution in [3.05, 3.63) is 29.8 Å². The molecular formula is C13H19NS. The van der Waals surface area contributed by atoms with E-state index in [0.29, 0.717) is 6.04 Å². The first-order chi connectivity index (χ1) is 7.29. The minimum absolute atomic E-state index is 0.705. The van der Waals surface area contributed by atoms with Crippen molar-refractivity contribution in [3.8, 4) is 0 Å². The molecule has 0 amide bonds. The lowest BCUT2D eigenvalue weighted by molar-refractivity contribution is 0.554. The van der Waals surface area contributed by atoms with E-state index in [1.54, 1.807) is 0 Å². The van der Waals surface area contributed by atoms with E-state index in [1.807, 2.05) is 11.8 Å². The zero-order chi connectivity index (χ0) is 10.7. The van der Waals surface area contributed by atoms with Crippen molar-refractivity contribution in [3.63, 3.8) is 0 Å². The molecule has 1 aromatic carbocycles. The topological polar surface area (TPSA) is 12.0 Å². The maximum Gasteiger partial charge on any atom is 0.0186 e. The molecule has 0 saturated heterocycles. The zero-order valence-electron chi connectivity index (χ0n) is 9.49. The molecule has 2 heteroatoms. The van der Waals surface area contributed by atoms with Crippen molar-refractivity contribution >= 4 is 11.8 Å². The van der Waals surface area contributed by atoms with Crippen LogP contribution in [0, 0.1) is 12.8 Å². The van der Waals surface area contributed by atoms with Gasteiger partial charge in [-0.15, -0.1) is 11.8 Å². The van der Waals surface area contributed by atoms with Crippen molar-refractivity contribution in [2.75, 3.05) is 12.8 Å². The Morgan fingerprint density at radius 3 is 2.53 bits per heavy atom. The smallest absolute Gasteiger partial charge is 0.0186 e. The monoisotopic (exact) mass is 221 g/mol. The van der Waals surface area contributed by atoms with E-state index in [4.69, 9.17) is 0 Å². The fourth-order valence-electron chi connectivity index (χ4n) is 1.77. The Morgan fingerprint density at radius 1 is 1.33 bits per heavy atom. The Morgan fingerprint density at radius 2 is 2.00 bits per heavy atom. The molecule has 0 radical (unpaired) electrons. The molecule has 82 valence electrons. The third-order valence-corrected chi connectivity index (χ3v) is 4.14. The van der Waals surface area contributed by atoms with Crippen LogP contribution in [-0.4, -0.2) is 18.8 Å². The highest BCUT2D eigenvalue weighted by Gasteiger charge is 2.29. The summed E-state index contributed by atoms with van der Waals surface area (Å²) in [6.45, 7) is 2.13. The maximum absolute atomic E-state index is 3.42. The summed E-state index contributed by atoms with van der Waals surface area (Å²) in [5.74, 6) is 2.14. The molecule has 0 aromatic heterocycles. The average Bonchev–Trinajstić information content (AvgIpc) is 3.06.